The number of nitrogens with zero attached hydrogens (tertiary/aromatic N) is 3. The third-order valence-electron chi connectivity index (χ3n) is 4.27. The molecular weight excluding hydrogens is 306 g/mol. The maximum Gasteiger partial charge on any atom is 0.253 e. The monoisotopic (exact) mass is 327 g/mol. The highest BCUT2D eigenvalue weighted by Crippen LogP contribution is 2.20. The standard InChI is InChI=1S/C17H21N5O2/c1-2-14-10-15(21-20-14)19-16(23)13-4-3-9-22(11-13)17(24)12-5-7-18-8-6-12/h5-8,10,13H,2-4,9,11H2,1H3,(H2,19,20,21,23)/t13-/m0/s1. The molecule has 126 valence electrons. The molecule has 3 heterocycles. The molecule has 1 saturated heterocycles. The fraction of sp³-hybridized carbons (Fsp3) is 0.412. The van der Waals surface area contributed by atoms with Gasteiger partial charge in [0.2, 0.25) is 5.91 Å². The highest BCUT2D eigenvalue weighted by molar-refractivity contribution is 5.96. The number of pyridine rings is 1. The molecule has 7 heteroatoms. The second-order valence-corrected chi connectivity index (χ2v) is 5.95. The number of rotatable bonds is 4. The summed E-state index contributed by atoms with van der Waals surface area (Å²) in [7, 11) is 0. The number of H-pyrrole nitrogens is 1. The van der Waals surface area contributed by atoms with Crippen molar-refractivity contribution in [3.63, 3.8) is 0 Å². The van der Waals surface area contributed by atoms with E-state index < -0.39 is 0 Å². The van der Waals surface area contributed by atoms with Crippen LogP contribution in [-0.2, 0) is 11.2 Å². The van der Waals surface area contributed by atoms with E-state index in [9.17, 15) is 9.59 Å². The van der Waals surface area contributed by atoms with Gasteiger partial charge in [-0.1, -0.05) is 6.92 Å². The van der Waals surface area contributed by atoms with Gasteiger partial charge in [-0.2, -0.15) is 5.10 Å². The Balaban J connectivity index is 1.62. The van der Waals surface area contributed by atoms with E-state index in [2.05, 4.69) is 20.5 Å². The lowest BCUT2D eigenvalue weighted by molar-refractivity contribution is -0.121. The maximum absolute atomic E-state index is 12.5. The molecule has 1 aliphatic rings. The molecule has 2 aromatic heterocycles. The Hall–Kier alpha value is -2.70. The molecule has 0 radical (unpaired) electrons. The zero-order valence-corrected chi connectivity index (χ0v) is 13.7. The summed E-state index contributed by atoms with van der Waals surface area (Å²) in [4.78, 5) is 30.6. The fourth-order valence-corrected chi connectivity index (χ4v) is 2.89. The molecule has 0 saturated carbocycles. The van der Waals surface area contributed by atoms with Crippen LogP contribution in [0.1, 0.15) is 35.8 Å². The molecule has 0 unspecified atom stereocenters. The number of amides is 2. The second kappa shape index (κ2) is 7.25. The molecule has 1 aliphatic heterocycles. The molecule has 1 fully saturated rings. The van der Waals surface area contributed by atoms with Crippen molar-refractivity contribution in [1.82, 2.24) is 20.1 Å². The lowest BCUT2D eigenvalue weighted by Gasteiger charge is -2.32. The van der Waals surface area contributed by atoms with Gasteiger partial charge in [-0.15, -0.1) is 0 Å². The number of likely N-dealkylation sites (tertiary alicyclic amines) is 1. The maximum atomic E-state index is 12.5. The molecule has 0 bridgehead atoms. The Labute approximate surface area is 140 Å². The minimum atomic E-state index is -0.216. The SMILES string of the molecule is CCc1cc(NC(=O)[C@H]2CCCN(C(=O)c3ccncc3)C2)n[nH]1. The van der Waals surface area contributed by atoms with E-state index in [1.54, 1.807) is 29.4 Å². The normalized spacial score (nSPS) is 17.5. The number of hydrogen-bond acceptors (Lipinski definition) is 4. The fourth-order valence-electron chi connectivity index (χ4n) is 2.89. The first-order chi connectivity index (χ1) is 11.7. The quantitative estimate of drug-likeness (QED) is 0.896. The van der Waals surface area contributed by atoms with Crippen LogP contribution in [0, 0.1) is 5.92 Å². The number of hydrogen-bond donors (Lipinski definition) is 2. The van der Waals surface area contributed by atoms with Crippen LogP contribution in [0.15, 0.2) is 30.6 Å². The number of aromatic nitrogens is 3. The van der Waals surface area contributed by atoms with Gasteiger partial charge in [-0.3, -0.25) is 19.7 Å². The Bertz CT molecular complexity index is 713. The summed E-state index contributed by atoms with van der Waals surface area (Å²) in [5, 5.41) is 9.79. The van der Waals surface area contributed by atoms with E-state index in [4.69, 9.17) is 0 Å². The minimum absolute atomic E-state index is 0.0528. The van der Waals surface area contributed by atoms with Crippen molar-refractivity contribution in [1.29, 1.82) is 0 Å². The van der Waals surface area contributed by atoms with Crippen molar-refractivity contribution >= 4 is 17.6 Å². The van der Waals surface area contributed by atoms with E-state index >= 15 is 0 Å². The summed E-state index contributed by atoms with van der Waals surface area (Å²) >= 11 is 0. The first-order valence-corrected chi connectivity index (χ1v) is 8.22. The van der Waals surface area contributed by atoms with Crippen LogP contribution >= 0.6 is 0 Å². The largest absolute Gasteiger partial charge is 0.338 e. The molecular formula is C17H21N5O2. The Morgan fingerprint density at radius 2 is 2.17 bits per heavy atom. The van der Waals surface area contributed by atoms with Crippen molar-refractivity contribution in [3.05, 3.63) is 41.9 Å². The number of aryl methyl sites for hydroxylation is 1. The summed E-state index contributed by atoms with van der Waals surface area (Å²) in [6.07, 6.45) is 5.63. The predicted molar refractivity (Wildman–Crippen MR) is 89.5 cm³/mol. The van der Waals surface area contributed by atoms with E-state index in [0.717, 1.165) is 25.0 Å². The van der Waals surface area contributed by atoms with Crippen LogP contribution in [0.3, 0.4) is 0 Å². The molecule has 3 rings (SSSR count). The Morgan fingerprint density at radius 3 is 2.88 bits per heavy atom. The Kier molecular flexibility index (Phi) is 4.88. The van der Waals surface area contributed by atoms with Gasteiger partial charge in [0, 0.05) is 42.8 Å². The smallest absolute Gasteiger partial charge is 0.253 e. The number of aromatic amines is 1. The van der Waals surface area contributed by atoms with Gasteiger partial charge in [-0.25, -0.2) is 0 Å². The van der Waals surface area contributed by atoms with Crippen LogP contribution in [0.5, 0.6) is 0 Å². The third-order valence-corrected chi connectivity index (χ3v) is 4.27. The number of carbonyl (C=O) groups excluding carboxylic acids is 2. The summed E-state index contributed by atoms with van der Waals surface area (Å²) < 4.78 is 0. The third kappa shape index (κ3) is 3.61. The number of anilines is 1. The van der Waals surface area contributed by atoms with Gasteiger partial charge in [0.05, 0.1) is 5.92 Å². The van der Waals surface area contributed by atoms with Crippen molar-refractivity contribution in [2.45, 2.75) is 26.2 Å². The summed E-state index contributed by atoms with van der Waals surface area (Å²) in [6, 6.07) is 5.23. The first-order valence-electron chi connectivity index (χ1n) is 8.22. The van der Waals surface area contributed by atoms with Gasteiger partial charge >= 0.3 is 0 Å². The summed E-state index contributed by atoms with van der Waals surface area (Å²) in [5.74, 6) is 0.181. The number of nitrogens with one attached hydrogen (secondary N) is 2. The molecule has 1 atom stereocenters. The highest BCUT2D eigenvalue weighted by atomic mass is 16.2. The van der Waals surface area contributed by atoms with Crippen LogP contribution in [0.25, 0.3) is 0 Å². The molecule has 2 aromatic rings. The lowest BCUT2D eigenvalue weighted by atomic mass is 9.96. The van der Waals surface area contributed by atoms with Gasteiger partial charge in [-0.05, 0) is 31.4 Å². The average molecular weight is 327 g/mol. The molecule has 0 aliphatic carbocycles. The van der Waals surface area contributed by atoms with Crippen LogP contribution in [0.4, 0.5) is 5.82 Å². The Morgan fingerprint density at radius 1 is 1.38 bits per heavy atom. The summed E-state index contributed by atoms with van der Waals surface area (Å²) in [6.45, 7) is 3.12. The second-order valence-electron chi connectivity index (χ2n) is 5.95. The highest BCUT2D eigenvalue weighted by Gasteiger charge is 2.29. The zero-order valence-electron chi connectivity index (χ0n) is 13.7. The molecule has 2 N–H and O–H groups in total. The van der Waals surface area contributed by atoms with E-state index in [1.165, 1.54) is 0 Å². The molecule has 24 heavy (non-hydrogen) atoms. The first kappa shape index (κ1) is 16.2. The van der Waals surface area contributed by atoms with Crippen molar-refractivity contribution in [3.8, 4) is 0 Å². The van der Waals surface area contributed by atoms with Crippen LogP contribution in [-0.4, -0.2) is 45.0 Å². The number of carbonyl (C=O) groups is 2. The molecule has 7 nitrogen and oxygen atoms in total. The lowest BCUT2D eigenvalue weighted by Crippen LogP contribution is -2.43. The molecule has 0 aromatic carbocycles. The van der Waals surface area contributed by atoms with E-state index in [-0.39, 0.29) is 17.7 Å². The summed E-state index contributed by atoms with van der Waals surface area (Å²) in [5.41, 5.74) is 1.58. The van der Waals surface area contributed by atoms with Crippen molar-refractivity contribution in [2.24, 2.45) is 5.92 Å². The topological polar surface area (TPSA) is 91.0 Å². The van der Waals surface area contributed by atoms with Crippen molar-refractivity contribution in [2.75, 3.05) is 18.4 Å². The molecule has 2 amide bonds. The van der Waals surface area contributed by atoms with E-state index in [1.807, 2.05) is 13.0 Å². The van der Waals surface area contributed by atoms with Gasteiger partial charge in [0.15, 0.2) is 5.82 Å². The van der Waals surface area contributed by atoms with E-state index in [0.29, 0.717) is 24.5 Å². The molecule has 0 spiro atoms. The van der Waals surface area contributed by atoms with Gasteiger partial charge in [0.1, 0.15) is 0 Å². The van der Waals surface area contributed by atoms with Crippen molar-refractivity contribution < 1.29 is 9.59 Å². The van der Waals surface area contributed by atoms with Crippen LogP contribution in [0.2, 0.25) is 0 Å². The number of piperidine rings is 1. The zero-order chi connectivity index (χ0) is 16.9. The van der Waals surface area contributed by atoms with Gasteiger partial charge < -0.3 is 10.2 Å². The average Bonchev–Trinajstić information content (AvgIpc) is 3.09. The van der Waals surface area contributed by atoms with Crippen LogP contribution < -0.4 is 5.32 Å². The minimum Gasteiger partial charge on any atom is -0.338 e. The predicted octanol–water partition coefficient (Wildman–Crippen LogP) is 1.86. The van der Waals surface area contributed by atoms with Gasteiger partial charge in [0.25, 0.3) is 5.91 Å².